The van der Waals surface area contributed by atoms with Crippen molar-refractivity contribution in [1.82, 2.24) is 9.97 Å². The predicted octanol–water partition coefficient (Wildman–Crippen LogP) is 0.137. The Labute approximate surface area is 100.0 Å². The predicted molar refractivity (Wildman–Crippen MR) is 66.1 cm³/mol. The van der Waals surface area contributed by atoms with Crippen LogP contribution >= 0.6 is 0 Å². The number of carbonyl (C=O) groups excluding carboxylic acids is 1. The molecule has 6 N–H and O–H groups in total. The van der Waals surface area contributed by atoms with Crippen LogP contribution in [-0.2, 0) is 4.79 Å². The molecule has 0 saturated heterocycles. The zero-order chi connectivity index (χ0) is 13.1. The van der Waals surface area contributed by atoms with Crippen molar-refractivity contribution in [2.24, 2.45) is 11.6 Å². The molecular weight excluding hydrogens is 220 g/mol. The molecule has 0 aromatic carbocycles. The molecule has 0 aliphatic heterocycles. The van der Waals surface area contributed by atoms with Crippen LogP contribution in [0.25, 0.3) is 0 Å². The number of aromatic nitrogens is 2. The second kappa shape index (κ2) is 4.96. The van der Waals surface area contributed by atoms with Gasteiger partial charge in [-0.2, -0.15) is 0 Å². The van der Waals surface area contributed by atoms with Gasteiger partial charge in [0.15, 0.2) is 0 Å². The summed E-state index contributed by atoms with van der Waals surface area (Å²) in [6.45, 7) is 5.49. The molecule has 17 heavy (non-hydrogen) atoms. The standard InChI is InChI=1S/C10H18N6O/c1-6-13-8(4-9(14-6)16-12)15-10(2,3)5-7(11)17/h4H,5,12H2,1-3H3,(H2,11,17)(H2,13,14,15,16). The maximum Gasteiger partial charge on any atom is 0.219 e. The van der Waals surface area contributed by atoms with Crippen LogP contribution in [0.2, 0.25) is 0 Å². The summed E-state index contributed by atoms with van der Waals surface area (Å²) in [4.78, 5) is 19.2. The molecule has 0 radical (unpaired) electrons. The Balaban J connectivity index is 2.87. The molecule has 94 valence electrons. The number of hydrogen-bond acceptors (Lipinski definition) is 6. The molecule has 1 aromatic rings. The number of nitrogens with one attached hydrogen (secondary N) is 2. The van der Waals surface area contributed by atoms with Gasteiger partial charge < -0.3 is 16.5 Å². The fraction of sp³-hybridized carbons (Fsp3) is 0.500. The maximum atomic E-state index is 10.9. The largest absolute Gasteiger partial charge is 0.370 e. The number of aryl methyl sites for hydroxylation is 1. The summed E-state index contributed by atoms with van der Waals surface area (Å²) in [5.41, 5.74) is 7.15. The Hall–Kier alpha value is -1.89. The average molecular weight is 238 g/mol. The Bertz CT molecular complexity index is 417. The van der Waals surface area contributed by atoms with Gasteiger partial charge in [0.25, 0.3) is 0 Å². The zero-order valence-corrected chi connectivity index (χ0v) is 10.2. The van der Waals surface area contributed by atoms with Crippen molar-refractivity contribution >= 4 is 17.5 Å². The fourth-order valence-electron chi connectivity index (χ4n) is 1.53. The topological polar surface area (TPSA) is 119 Å². The summed E-state index contributed by atoms with van der Waals surface area (Å²) >= 11 is 0. The van der Waals surface area contributed by atoms with E-state index in [1.54, 1.807) is 13.0 Å². The number of primary amides is 1. The second-order valence-electron chi connectivity index (χ2n) is 4.48. The highest BCUT2D eigenvalue weighted by Gasteiger charge is 2.21. The van der Waals surface area contributed by atoms with Gasteiger partial charge >= 0.3 is 0 Å². The molecular formula is C10H18N6O. The lowest BCUT2D eigenvalue weighted by atomic mass is 10.0. The smallest absolute Gasteiger partial charge is 0.219 e. The van der Waals surface area contributed by atoms with Crippen molar-refractivity contribution in [1.29, 1.82) is 0 Å². The van der Waals surface area contributed by atoms with Gasteiger partial charge in [0, 0.05) is 18.0 Å². The molecule has 1 heterocycles. The van der Waals surface area contributed by atoms with Crippen LogP contribution in [0.4, 0.5) is 11.6 Å². The molecule has 1 aromatic heterocycles. The van der Waals surface area contributed by atoms with E-state index >= 15 is 0 Å². The number of nitrogen functional groups attached to an aromatic ring is 1. The lowest BCUT2D eigenvalue weighted by Gasteiger charge is -2.25. The Morgan fingerprint density at radius 1 is 1.41 bits per heavy atom. The third-order valence-electron chi connectivity index (χ3n) is 2.07. The van der Waals surface area contributed by atoms with Crippen LogP contribution in [0.5, 0.6) is 0 Å². The summed E-state index contributed by atoms with van der Waals surface area (Å²) in [6.07, 6.45) is 0.210. The summed E-state index contributed by atoms with van der Waals surface area (Å²) in [5.74, 6) is 6.60. The van der Waals surface area contributed by atoms with Crippen LogP contribution in [-0.4, -0.2) is 21.4 Å². The third-order valence-corrected chi connectivity index (χ3v) is 2.07. The van der Waals surface area contributed by atoms with Gasteiger partial charge in [-0.15, -0.1) is 0 Å². The van der Waals surface area contributed by atoms with E-state index in [0.29, 0.717) is 17.5 Å². The Morgan fingerprint density at radius 2 is 2.00 bits per heavy atom. The van der Waals surface area contributed by atoms with Crippen molar-refractivity contribution in [2.45, 2.75) is 32.7 Å². The quantitative estimate of drug-likeness (QED) is 0.428. The highest BCUT2D eigenvalue weighted by molar-refractivity contribution is 5.75. The van der Waals surface area contributed by atoms with Crippen LogP contribution in [0.1, 0.15) is 26.1 Å². The van der Waals surface area contributed by atoms with Gasteiger partial charge in [0.2, 0.25) is 5.91 Å². The first kappa shape index (κ1) is 13.2. The average Bonchev–Trinajstić information content (AvgIpc) is 2.13. The van der Waals surface area contributed by atoms with E-state index < -0.39 is 5.54 Å². The van der Waals surface area contributed by atoms with Gasteiger partial charge in [0.1, 0.15) is 17.5 Å². The number of anilines is 2. The molecule has 0 fully saturated rings. The van der Waals surface area contributed by atoms with Crippen LogP contribution in [0.3, 0.4) is 0 Å². The van der Waals surface area contributed by atoms with E-state index in [4.69, 9.17) is 11.6 Å². The first-order valence-corrected chi connectivity index (χ1v) is 5.21. The highest BCUT2D eigenvalue weighted by Crippen LogP contribution is 2.18. The molecule has 7 heteroatoms. The number of nitrogens with zero attached hydrogens (tertiary/aromatic N) is 2. The minimum Gasteiger partial charge on any atom is -0.370 e. The van der Waals surface area contributed by atoms with Crippen molar-refractivity contribution in [3.63, 3.8) is 0 Å². The van der Waals surface area contributed by atoms with Gasteiger partial charge in [-0.3, -0.25) is 4.79 Å². The highest BCUT2D eigenvalue weighted by atomic mass is 16.1. The van der Waals surface area contributed by atoms with Crippen molar-refractivity contribution in [2.75, 3.05) is 10.7 Å². The van der Waals surface area contributed by atoms with Crippen LogP contribution < -0.4 is 22.3 Å². The third kappa shape index (κ3) is 4.23. The molecule has 0 saturated carbocycles. The van der Waals surface area contributed by atoms with Crippen molar-refractivity contribution in [3.05, 3.63) is 11.9 Å². The minimum absolute atomic E-state index is 0.210. The molecule has 0 aliphatic rings. The number of rotatable bonds is 5. The molecule has 0 bridgehead atoms. The van der Waals surface area contributed by atoms with Crippen LogP contribution in [0.15, 0.2) is 6.07 Å². The van der Waals surface area contributed by atoms with Crippen molar-refractivity contribution < 1.29 is 4.79 Å². The monoisotopic (exact) mass is 238 g/mol. The minimum atomic E-state index is -0.474. The fourth-order valence-corrected chi connectivity index (χ4v) is 1.53. The number of hydrazine groups is 1. The van der Waals surface area contributed by atoms with Crippen LogP contribution in [0, 0.1) is 6.92 Å². The molecule has 1 rings (SSSR count). The van der Waals surface area contributed by atoms with Gasteiger partial charge in [-0.1, -0.05) is 0 Å². The number of amides is 1. The summed E-state index contributed by atoms with van der Waals surface area (Å²) in [6, 6.07) is 1.66. The molecule has 0 spiro atoms. The van der Waals surface area contributed by atoms with E-state index in [-0.39, 0.29) is 12.3 Å². The van der Waals surface area contributed by atoms with Crippen molar-refractivity contribution in [3.8, 4) is 0 Å². The first-order valence-electron chi connectivity index (χ1n) is 5.21. The van der Waals surface area contributed by atoms with Gasteiger partial charge in [-0.25, -0.2) is 15.8 Å². The number of carbonyl (C=O) groups is 1. The summed E-state index contributed by atoms with van der Waals surface area (Å²) < 4.78 is 0. The van der Waals surface area contributed by atoms with E-state index in [0.717, 1.165) is 0 Å². The molecule has 0 atom stereocenters. The molecule has 7 nitrogen and oxygen atoms in total. The Morgan fingerprint density at radius 3 is 2.53 bits per heavy atom. The lowest BCUT2D eigenvalue weighted by Crippen LogP contribution is -2.36. The second-order valence-corrected chi connectivity index (χ2v) is 4.48. The zero-order valence-electron chi connectivity index (χ0n) is 10.2. The first-order chi connectivity index (χ1) is 7.82. The summed E-state index contributed by atoms with van der Waals surface area (Å²) in [5, 5.41) is 3.12. The SMILES string of the molecule is Cc1nc(NN)cc(NC(C)(C)CC(N)=O)n1. The van der Waals surface area contributed by atoms with E-state index in [2.05, 4.69) is 20.7 Å². The van der Waals surface area contributed by atoms with E-state index in [1.165, 1.54) is 0 Å². The van der Waals surface area contributed by atoms with E-state index in [9.17, 15) is 4.79 Å². The van der Waals surface area contributed by atoms with Gasteiger partial charge in [0.05, 0.1) is 0 Å². The molecule has 0 aliphatic carbocycles. The number of nitrogens with two attached hydrogens (primary N) is 2. The Kier molecular flexibility index (Phi) is 3.84. The lowest BCUT2D eigenvalue weighted by molar-refractivity contribution is -0.118. The van der Waals surface area contributed by atoms with Gasteiger partial charge in [-0.05, 0) is 20.8 Å². The number of hydrogen-bond donors (Lipinski definition) is 4. The summed E-state index contributed by atoms with van der Waals surface area (Å²) in [7, 11) is 0. The maximum absolute atomic E-state index is 10.9. The molecule has 1 amide bonds. The van der Waals surface area contributed by atoms with E-state index in [1.807, 2.05) is 13.8 Å². The normalized spacial score (nSPS) is 11.1. The molecule has 0 unspecified atom stereocenters.